The van der Waals surface area contributed by atoms with Crippen molar-refractivity contribution in [3.63, 3.8) is 0 Å². The number of benzene rings is 7. The van der Waals surface area contributed by atoms with Crippen LogP contribution in [-0.4, -0.2) is 14.5 Å². The predicted octanol–water partition coefficient (Wildman–Crippen LogP) is 11.5. The molecule has 0 amide bonds. The standard InChI is InChI=1S/C44H27N3/c1-3-15-35-31(11-1)32-12-2-5-17-37(32)44-42(35)36-16-4-6-18-38(36)43(46-44)29-23-21-28(22-24-29)39-26-25-30(27-45-39)47-40-19-9-7-13-33(40)34-14-8-10-20-41(34)47/h1-27H. The summed E-state index contributed by atoms with van der Waals surface area (Å²) in [6.07, 6.45) is 1.98. The van der Waals surface area contributed by atoms with Gasteiger partial charge in [-0.2, -0.15) is 0 Å². The van der Waals surface area contributed by atoms with Crippen LogP contribution in [0.3, 0.4) is 0 Å². The lowest BCUT2D eigenvalue weighted by atomic mass is 9.92. The topological polar surface area (TPSA) is 30.7 Å². The molecule has 47 heavy (non-hydrogen) atoms. The maximum Gasteiger partial charge on any atom is 0.0800 e. The van der Waals surface area contributed by atoms with E-state index in [0.29, 0.717) is 0 Å². The fraction of sp³-hybridized carbons (Fsp3) is 0. The quantitative estimate of drug-likeness (QED) is 0.190. The van der Waals surface area contributed by atoms with Gasteiger partial charge in [-0.3, -0.25) is 4.98 Å². The summed E-state index contributed by atoms with van der Waals surface area (Å²) in [7, 11) is 0. The average Bonchev–Trinajstić information content (AvgIpc) is 3.49. The van der Waals surface area contributed by atoms with Crippen LogP contribution in [-0.2, 0) is 0 Å². The van der Waals surface area contributed by atoms with Crippen LogP contribution in [0.15, 0.2) is 164 Å². The summed E-state index contributed by atoms with van der Waals surface area (Å²) in [4.78, 5) is 10.4. The smallest absolute Gasteiger partial charge is 0.0800 e. The molecule has 0 spiro atoms. The summed E-state index contributed by atoms with van der Waals surface area (Å²) in [6.45, 7) is 0. The summed E-state index contributed by atoms with van der Waals surface area (Å²) < 4.78 is 2.30. The maximum absolute atomic E-state index is 5.43. The Hall–Kier alpha value is -6.32. The van der Waals surface area contributed by atoms with Gasteiger partial charge in [0, 0.05) is 38.1 Å². The first-order chi connectivity index (χ1) is 23.3. The second-order valence-corrected chi connectivity index (χ2v) is 12.2. The third-order valence-electron chi connectivity index (χ3n) is 9.62. The average molecular weight is 598 g/mol. The van der Waals surface area contributed by atoms with Crippen molar-refractivity contribution in [1.82, 2.24) is 14.5 Å². The van der Waals surface area contributed by atoms with Crippen molar-refractivity contribution in [3.8, 4) is 28.2 Å². The highest BCUT2D eigenvalue weighted by Crippen LogP contribution is 2.41. The van der Waals surface area contributed by atoms with Crippen LogP contribution >= 0.6 is 0 Å². The van der Waals surface area contributed by atoms with Gasteiger partial charge in [0.1, 0.15) is 0 Å². The zero-order valence-corrected chi connectivity index (χ0v) is 25.4. The minimum absolute atomic E-state index is 0.940. The van der Waals surface area contributed by atoms with E-state index in [2.05, 4.69) is 162 Å². The SMILES string of the molecule is c1ccc2c(c1)c(-c1ccc(-c3ccc(-n4c5ccccc5c5ccccc54)cn3)cc1)nc1c3ccccc3c3ccccc3c21. The Morgan fingerprint density at radius 3 is 1.49 bits per heavy atom. The van der Waals surface area contributed by atoms with E-state index in [-0.39, 0.29) is 0 Å². The van der Waals surface area contributed by atoms with Gasteiger partial charge in [0.2, 0.25) is 0 Å². The number of fused-ring (bicyclic) bond motifs is 11. The largest absolute Gasteiger partial charge is 0.308 e. The Morgan fingerprint density at radius 1 is 0.383 bits per heavy atom. The number of para-hydroxylation sites is 2. The van der Waals surface area contributed by atoms with E-state index in [1.165, 1.54) is 54.1 Å². The molecule has 3 aromatic heterocycles. The van der Waals surface area contributed by atoms with Crippen LogP contribution < -0.4 is 0 Å². The molecule has 3 heterocycles. The number of hydrogen-bond donors (Lipinski definition) is 0. The van der Waals surface area contributed by atoms with E-state index in [4.69, 9.17) is 9.97 Å². The summed E-state index contributed by atoms with van der Waals surface area (Å²) in [6, 6.07) is 56.1. The van der Waals surface area contributed by atoms with Gasteiger partial charge >= 0.3 is 0 Å². The van der Waals surface area contributed by atoms with Gasteiger partial charge in [-0.05, 0) is 45.8 Å². The monoisotopic (exact) mass is 597 g/mol. The molecule has 0 aliphatic carbocycles. The Labute approximate surface area is 271 Å². The molecule has 0 bridgehead atoms. The van der Waals surface area contributed by atoms with E-state index in [9.17, 15) is 0 Å². The minimum atomic E-state index is 0.940. The van der Waals surface area contributed by atoms with Crippen LogP contribution in [0.25, 0.3) is 93.2 Å². The van der Waals surface area contributed by atoms with Gasteiger partial charge < -0.3 is 4.57 Å². The lowest BCUT2D eigenvalue weighted by Crippen LogP contribution is -1.95. The number of pyridine rings is 2. The summed E-state index contributed by atoms with van der Waals surface area (Å²) in [5, 5.41) is 11.0. The van der Waals surface area contributed by atoms with Gasteiger partial charge in [0.05, 0.1) is 39.8 Å². The van der Waals surface area contributed by atoms with Crippen molar-refractivity contribution in [2.24, 2.45) is 0 Å². The highest BCUT2D eigenvalue weighted by molar-refractivity contribution is 6.31. The zero-order chi connectivity index (χ0) is 30.9. The highest BCUT2D eigenvalue weighted by atomic mass is 15.0. The van der Waals surface area contributed by atoms with Gasteiger partial charge in [0.15, 0.2) is 0 Å². The molecule has 0 N–H and O–H groups in total. The Kier molecular flexibility index (Phi) is 5.57. The normalized spacial score (nSPS) is 11.8. The van der Waals surface area contributed by atoms with Gasteiger partial charge in [0.25, 0.3) is 0 Å². The van der Waals surface area contributed by atoms with Crippen molar-refractivity contribution in [1.29, 1.82) is 0 Å². The molecular formula is C44H27N3. The van der Waals surface area contributed by atoms with Crippen LogP contribution in [0.4, 0.5) is 0 Å². The van der Waals surface area contributed by atoms with Crippen molar-refractivity contribution in [2.45, 2.75) is 0 Å². The Balaban J connectivity index is 1.09. The minimum Gasteiger partial charge on any atom is -0.308 e. The molecule has 10 rings (SSSR count). The lowest BCUT2D eigenvalue weighted by Gasteiger charge is -2.15. The first kappa shape index (κ1) is 26.0. The van der Waals surface area contributed by atoms with E-state index in [1.54, 1.807) is 0 Å². The third kappa shape index (κ3) is 3.87. The first-order valence-corrected chi connectivity index (χ1v) is 16.0. The van der Waals surface area contributed by atoms with Gasteiger partial charge in [-0.15, -0.1) is 0 Å². The molecule has 3 nitrogen and oxygen atoms in total. The van der Waals surface area contributed by atoms with Crippen molar-refractivity contribution in [3.05, 3.63) is 164 Å². The van der Waals surface area contributed by atoms with Crippen LogP contribution in [0.5, 0.6) is 0 Å². The Morgan fingerprint density at radius 2 is 0.872 bits per heavy atom. The second kappa shape index (κ2) is 10.1. The van der Waals surface area contributed by atoms with E-state index >= 15 is 0 Å². The zero-order valence-electron chi connectivity index (χ0n) is 25.4. The molecule has 7 aromatic carbocycles. The molecule has 0 radical (unpaired) electrons. The van der Waals surface area contributed by atoms with E-state index in [1.807, 2.05) is 6.20 Å². The first-order valence-electron chi connectivity index (χ1n) is 16.0. The fourth-order valence-corrected chi connectivity index (χ4v) is 7.50. The predicted molar refractivity (Wildman–Crippen MR) is 197 cm³/mol. The van der Waals surface area contributed by atoms with Gasteiger partial charge in [-0.1, -0.05) is 133 Å². The summed E-state index contributed by atoms with van der Waals surface area (Å²) >= 11 is 0. The molecule has 0 aliphatic rings. The second-order valence-electron chi connectivity index (χ2n) is 12.2. The van der Waals surface area contributed by atoms with Crippen molar-refractivity contribution in [2.75, 3.05) is 0 Å². The molecule has 0 atom stereocenters. The number of hydrogen-bond acceptors (Lipinski definition) is 2. The number of rotatable bonds is 3. The molecule has 10 aromatic rings. The van der Waals surface area contributed by atoms with Crippen LogP contribution in [0.1, 0.15) is 0 Å². The third-order valence-corrected chi connectivity index (χ3v) is 9.62. The Bertz CT molecular complexity index is 2770. The molecule has 0 saturated heterocycles. The van der Waals surface area contributed by atoms with Crippen molar-refractivity contribution < 1.29 is 0 Å². The van der Waals surface area contributed by atoms with E-state index in [0.717, 1.165) is 39.1 Å². The molecule has 3 heteroatoms. The molecule has 0 fully saturated rings. The molecule has 0 unspecified atom stereocenters. The van der Waals surface area contributed by atoms with E-state index < -0.39 is 0 Å². The fourth-order valence-electron chi connectivity index (χ4n) is 7.50. The molecule has 218 valence electrons. The number of nitrogens with zero attached hydrogens (tertiary/aromatic N) is 3. The van der Waals surface area contributed by atoms with Crippen molar-refractivity contribution >= 4 is 65.0 Å². The number of aromatic nitrogens is 3. The molecule has 0 saturated carbocycles. The van der Waals surface area contributed by atoms with Gasteiger partial charge in [-0.25, -0.2) is 4.98 Å². The summed E-state index contributed by atoms with van der Waals surface area (Å²) in [5.41, 5.74) is 8.56. The van der Waals surface area contributed by atoms with Crippen LogP contribution in [0.2, 0.25) is 0 Å². The highest BCUT2D eigenvalue weighted by Gasteiger charge is 2.17. The molecule has 0 aliphatic heterocycles. The summed E-state index contributed by atoms with van der Waals surface area (Å²) in [5.74, 6) is 0. The molecular weight excluding hydrogens is 571 g/mol. The lowest BCUT2D eigenvalue weighted by molar-refractivity contribution is 1.14. The maximum atomic E-state index is 5.43. The van der Waals surface area contributed by atoms with Crippen LogP contribution in [0, 0.1) is 0 Å².